The van der Waals surface area contributed by atoms with Gasteiger partial charge in [0.25, 0.3) is 0 Å². The van der Waals surface area contributed by atoms with Crippen molar-refractivity contribution in [1.29, 1.82) is 0 Å². The van der Waals surface area contributed by atoms with E-state index in [0.29, 0.717) is 12.2 Å². The number of aliphatic imine (C=N–C) groups is 1. The number of thiophene rings is 1. The maximum Gasteiger partial charge on any atom is 0.309 e. The van der Waals surface area contributed by atoms with Gasteiger partial charge in [0.1, 0.15) is 16.9 Å². The highest BCUT2D eigenvalue weighted by Gasteiger charge is 2.37. The minimum atomic E-state index is -0.870. The van der Waals surface area contributed by atoms with Gasteiger partial charge in [-0.3, -0.25) is 14.4 Å². The number of carbonyl (C=O) groups is 1. The molecule has 0 fully saturated rings. The predicted molar refractivity (Wildman–Crippen MR) is 146 cm³/mol. The van der Waals surface area contributed by atoms with Crippen LogP contribution >= 0.6 is 11.3 Å². The second-order valence-corrected chi connectivity index (χ2v) is 11.1. The molecule has 1 unspecified atom stereocenters. The van der Waals surface area contributed by atoms with Gasteiger partial charge >= 0.3 is 5.97 Å². The summed E-state index contributed by atoms with van der Waals surface area (Å²) in [5.74, 6) is -0.237. The Morgan fingerprint density at radius 1 is 1.05 bits per heavy atom. The number of aliphatic carboxylic acids is 1. The lowest BCUT2D eigenvalue weighted by atomic mass is 9.95. The number of aromatic nitrogens is 3. The molecule has 2 aliphatic heterocycles. The maximum absolute atomic E-state index is 12.3. The molecule has 8 heteroatoms. The Morgan fingerprint density at radius 3 is 2.35 bits per heavy atom. The summed E-state index contributed by atoms with van der Waals surface area (Å²) in [5.41, 5.74) is 7.89. The lowest BCUT2D eigenvalue weighted by Crippen LogP contribution is -2.23. The molecule has 2 aromatic carbocycles. The summed E-state index contributed by atoms with van der Waals surface area (Å²) in [6.45, 7) is 9.83. The highest BCUT2D eigenvalue weighted by Crippen LogP contribution is 2.41. The molecule has 0 saturated heterocycles. The highest BCUT2D eigenvalue weighted by atomic mass is 32.1. The molecule has 4 aromatic rings. The Morgan fingerprint density at radius 2 is 1.73 bits per heavy atom. The Kier molecular flexibility index (Phi) is 5.71. The van der Waals surface area contributed by atoms with E-state index in [0.717, 1.165) is 52.0 Å². The fourth-order valence-electron chi connectivity index (χ4n) is 5.50. The molecule has 188 valence electrons. The number of aryl methyl sites for hydroxylation is 2. The first-order valence-electron chi connectivity index (χ1n) is 12.6. The van der Waals surface area contributed by atoms with Gasteiger partial charge in [0.2, 0.25) is 0 Å². The van der Waals surface area contributed by atoms with Crippen LogP contribution < -0.4 is 4.90 Å². The van der Waals surface area contributed by atoms with E-state index in [1.54, 1.807) is 11.3 Å². The van der Waals surface area contributed by atoms with Gasteiger partial charge in [0.05, 0.1) is 11.6 Å². The van der Waals surface area contributed by atoms with Gasteiger partial charge in [0.15, 0.2) is 5.82 Å². The zero-order chi connectivity index (χ0) is 25.8. The minimum absolute atomic E-state index is 0.447. The van der Waals surface area contributed by atoms with Crippen molar-refractivity contribution in [2.75, 3.05) is 4.90 Å². The highest BCUT2D eigenvalue weighted by molar-refractivity contribution is 7.15. The minimum Gasteiger partial charge on any atom is -0.481 e. The maximum atomic E-state index is 12.3. The second kappa shape index (κ2) is 8.95. The summed E-state index contributed by atoms with van der Waals surface area (Å²) in [6, 6.07) is 16.5. The normalized spacial score (nSPS) is 17.0. The molecule has 6 rings (SSSR count). The Balaban J connectivity index is 1.47. The van der Waals surface area contributed by atoms with Crippen LogP contribution in [-0.2, 0) is 17.9 Å². The summed E-state index contributed by atoms with van der Waals surface area (Å²) < 4.78 is 2.02. The number of hydrogen-bond acceptors (Lipinski definition) is 6. The van der Waals surface area contributed by atoms with Gasteiger partial charge in [-0.15, -0.1) is 21.5 Å². The largest absolute Gasteiger partial charge is 0.481 e. The van der Waals surface area contributed by atoms with Gasteiger partial charge in [-0.2, -0.15) is 0 Å². The molecule has 0 spiro atoms. The lowest BCUT2D eigenvalue weighted by Gasteiger charge is -2.20. The summed E-state index contributed by atoms with van der Waals surface area (Å²) in [7, 11) is 0. The fourth-order valence-corrected chi connectivity index (χ4v) is 6.71. The molecule has 2 atom stereocenters. The number of carboxylic acids is 1. The van der Waals surface area contributed by atoms with Crippen molar-refractivity contribution in [2.24, 2.45) is 10.9 Å². The number of rotatable bonds is 5. The molecule has 2 aromatic heterocycles. The van der Waals surface area contributed by atoms with Crippen LogP contribution in [0, 0.1) is 26.7 Å². The van der Waals surface area contributed by atoms with Gasteiger partial charge in [-0.25, -0.2) is 0 Å². The number of nitrogens with zero attached hydrogens (tertiary/aromatic N) is 5. The molecule has 7 nitrogen and oxygen atoms in total. The molecule has 0 bridgehead atoms. The van der Waals surface area contributed by atoms with Crippen LogP contribution in [-0.4, -0.2) is 31.6 Å². The molecule has 4 heterocycles. The molecule has 0 aliphatic carbocycles. The third-order valence-corrected chi connectivity index (χ3v) is 8.87. The summed E-state index contributed by atoms with van der Waals surface area (Å²) in [5, 5.41) is 19.9. The Labute approximate surface area is 220 Å². The summed E-state index contributed by atoms with van der Waals surface area (Å²) in [4.78, 5) is 21.0. The SMILES string of the molecule is CC[C@H](C(=O)O)C1N=C(c2ccc(N3Cc4ccccc4C3)cc2)c2c(sc(C)c2C)-n2c(C)nnc21. The summed E-state index contributed by atoms with van der Waals surface area (Å²) >= 11 is 1.68. The van der Waals surface area contributed by atoms with E-state index in [1.165, 1.54) is 16.0 Å². The van der Waals surface area contributed by atoms with E-state index in [4.69, 9.17) is 4.99 Å². The van der Waals surface area contributed by atoms with Crippen LogP contribution in [0.5, 0.6) is 0 Å². The quantitative estimate of drug-likeness (QED) is 0.367. The predicted octanol–water partition coefficient (Wildman–Crippen LogP) is 5.78. The van der Waals surface area contributed by atoms with Crippen LogP contribution in [0.25, 0.3) is 5.00 Å². The monoisotopic (exact) mass is 511 g/mol. The van der Waals surface area contributed by atoms with Crippen molar-refractivity contribution in [1.82, 2.24) is 14.8 Å². The first kappa shape index (κ1) is 23.6. The van der Waals surface area contributed by atoms with E-state index < -0.39 is 17.9 Å². The van der Waals surface area contributed by atoms with Crippen LogP contribution in [0.3, 0.4) is 0 Å². The molecule has 0 amide bonds. The van der Waals surface area contributed by atoms with E-state index >= 15 is 0 Å². The van der Waals surface area contributed by atoms with Crippen molar-refractivity contribution >= 4 is 28.7 Å². The van der Waals surface area contributed by atoms with Crippen molar-refractivity contribution in [2.45, 2.75) is 53.2 Å². The van der Waals surface area contributed by atoms with Crippen molar-refractivity contribution < 1.29 is 9.90 Å². The number of hydrogen-bond donors (Lipinski definition) is 1. The van der Waals surface area contributed by atoms with Crippen molar-refractivity contribution in [3.63, 3.8) is 0 Å². The van der Waals surface area contributed by atoms with Gasteiger partial charge in [0, 0.05) is 34.8 Å². The van der Waals surface area contributed by atoms with Crippen LogP contribution in [0.4, 0.5) is 5.69 Å². The standard InChI is InChI=1S/C29H29N5O2S/c1-5-23(29(35)36)26-27-32-31-18(4)34(27)28-24(16(2)17(3)37-28)25(30-26)19-10-12-22(13-11-19)33-14-20-8-6-7-9-21(20)15-33/h6-13,23,26H,5,14-15H2,1-4H3,(H,35,36)/t23-,26?/m0/s1. The van der Waals surface area contributed by atoms with Gasteiger partial charge in [-0.1, -0.05) is 43.3 Å². The number of benzene rings is 2. The smallest absolute Gasteiger partial charge is 0.309 e. The van der Waals surface area contributed by atoms with Gasteiger partial charge in [-0.05, 0) is 56.0 Å². The third kappa shape index (κ3) is 3.78. The number of fused-ring (bicyclic) bond motifs is 4. The molecule has 0 saturated carbocycles. The molecule has 1 N–H and O–H groups in total. The van der Waals surface area contributed by atoms with E-state index in [9.17, 15) is 9.90 Å². The van der Waals surface area contributed by atoms with E-state index in [-0.39, 0.29) is 0 Å². The Bertz CT molecular complexity index is 1520. The summed E-state index contributed by atoms with van der Waals surface area (Å²) in [6.07, 6.45) is 0.447. The zero-order valence-electron chi connectivity index (χ0n) is 21.4. The molecular weight excluding hydrogens is 482 g/mol. The molecule has 2 aliphatic rings. The average molecular weight is 512 g/mol. The van der Waals surface area contributed by atoms with Crippen LogP contribution in [0.1, 0.15) is 63.7 Å². The van der Waals surface area contributed by atoms with Crippen molar-refractivity contribution in [3.8, 4) is 5.00 Å². The first-order valence-corrected chi connectivity index (χ1v) is 13.4. The zero-order valence-corrected chi connectivity index (χ0v) is 22.2. The molecular formula is C29H29N5O2S. The van der Waals surface area contributed by atoms with Crippen molar-refractivity contribution in [3.05, 3.63) is 92.9 Å². The van der Waals surface area contributed by atoms with Crippen LogP contribution in [0.2, 0.25) is 0 Å². The number of anilines is 1. The second-order valence-electron chi connectivity index (χ2n) is 9.85. The molecule has 0 radical (unpaired) electrons. The Hall–Kier alpha value is -3.78. The van der Waals surface area contributed by atoms with Crippen LogP contribution in [0.15, 0.2) is 53.5 Å². The number of carboxylic acid groups (broad SMARTS) is 1. The average Bonchev–Trinajstić information content (AvgIpc) is 3.54. The lowest BCUT2D eigenvalue weighted by molar-refractivity contribution is -0.142. The fraction of sp³-hybridized carbons (Fsp3) is 0.310. The topological polar surface area (TPSA) is 83.6 Å². The van der Waals surface area contributed by atoms with E-state index in [1.807, 2.05) is 18.4 Å². The van der Waals surface area contributed by atoms with E-state index in [2.05, 4.69) is 77.5 Å². The molecule has 37 heavy (non-hydrogen) atoms. The first-order chi connectivity index (χ1) is 17.9. The third-order valence-electron chi connectivity index (χ3n) is 7.67. The van der Waals surface area contributed by atoms with Gasteiger partial charge < -0.3 is 10.0 Å².